The van der Waals surface area contributed by atoms with Gasteiger partial charge in [-0.3, -0.25) is 4.98 Å². The number of ether oxygens (including phenoxy) is 3. The molecule has 2 atom stereocenters. The predicted octanol–water partition coefficient (Wildman–Crippen LogP) is 7.70. The summed E-state index contributed by atoms with van der Waals surface area (Å²) in [5, 5.41) is 10.4. The highest BCUT2D eigenvalue weighted by molar-refractivity contribution is 5.88. The first-order chi connectivity index (χ1) is 19.8. The van der Waals surface area contributed by atoms with Gasteiger partial charge in [-0.25, -0.2) is 4.79 Å². The van der Waals surface area contributed by atoms with E-state index < -0.39 is 17.7 Å². The van der Waals surface area contributed by atoms with Crippen molar-refractivity contribution in [2.75, 3.05) is 31.7 Å². The lowest BCUT2D eigenvalue weighted by molar-refractivity contribution is -0.160. The number of piperidine rings is 1. The first kappa shape index (κ1) is 31.5. The van der Waals surface area contributed by atoms with Crippen LogP contribution in [-0.4, -0.2) is 48.5 Å². The molecule has 1 N–H and O–H groups in total. The van der Waals surface area contributed by atoms with Crippen LogP contribution in [0, 0.1) is 19.3 Å². The number of hydrogen-bond acceptors (Lipinski definition) is 6. The minimum atomic E-state index is -1.15. The van der Waals surface area contributed by atoms with Crippen molar-refractivity contribution in [1.29, 1.82) is 0 Å². The molecule has 2 heterocycles. The zero-order valence-electron chi connectivity index (χ0n) is 26.4. The lowest BCUT2D eigenvalue weighted by Gasteiger charge is -2.41. The van der Waals surface area contributed by atoms with Crippen molar-refractivity contribution in [3.05, 3.63) is 77.1 Å². The largest absolute Gasteiger partial charge is 0.491 e. The first-order valence-corrected chi connectivity index (χ1v) is 14.8. The van der Waals surface area contributed by atoms with Crippen molar-refractivity contribution in [3.63, 3.8) is 0 Å². The van der Waals surface area contributed by atoms with E-state index in [4.69, 9.17) is 19.2 Å². The summed E-state index contributed by atoms with van der Waals surface area (Å²) in [5.74, 6) is -0.284. The monoisotopic (exact) mass is 574 g/mol. The van der Waals surface area contributed by atoms with Crippen LogP contribution in [0.5, 0.6) is 5.75 Å². The van der Waals surface area contributed by atoms with Gasteiger partial charge in [-0.2, -0.15) is 0 Å². The van der Waals surface area contributed by atoms with E-state index in [2.05, 4.69) is 18.7 Å². The third-order valence-corrected chi connectivity index (χ3v) is 7.97. The third kappa shape index (κ3) is 7.50. The summed E-state index contributed by atoms with van der Waals surface area (Å²) >= 11 is 0. The molecule has 0 aliphatic carbocycles. The Hall–Kier alpha value is -3.42. The second-order valence-corrected chi connectivity index (χ2v) is 13.0. The van der Waals surface area contributed by atoms with Crippen LogP contribution in [-0.2, 0) is 14.3 Å². The Kier molecular flexibility index (Phi) is 9.63. The molecule has 1 saturated heterocycles. The molecule has 7 nitrogen and oxygen atoms in total. The molecule has 4 rings (SSSR count). The molecule has 2 aromatic carbocycles. The number of aliphatic carboxylic acids is 1. The molecular formula is C35H46N2O5. The number of benzene rings is 2. The molecule has 0 spiro atoms. The molecule has 0 saturated carbocycles. The van der Waals surface area contributed by atoms with Crippen molar-refractivity contribution in [3.8, 4) is 16.9 Å². The highest BCUT2D eigenvalue weighted by Gasteiger charge is 2.36. The number of anilines is 1. The molecule has 7 heteroatoms. The number of rotatable bonds is 10. The maximum Gasteiger partial charge on any atom is 0.337 e. The molecule has 1 aliphatic rings. The number of aryl methyl sites for hydroxylation is 2. The Morgan fingerprint density at radius 3 is 2.17 bits per heavy atom. The normalized spacial score (nSPS) is 16.6. The fourth-order valence-corrected chi connectivity index (χ4v) is 5.61. The summed E-state index contributed by atoms with van der Waals surface area (Å²) in [4.78, 5) is 19.9. The van der Waals surface area contributed by atoms with E-state index in [0.29, 0.717) is 17.9 Å². The van der Waals surface area contributed by atoms with E-state index in [1.165, 1.54) is 0 Å². The summed E-state index contributed by atoms with van der Waals surface area (Å²) in [6, 6.07) is 18.0. The SMILES string of the molecule is COC(COc1ccc(-c2c(C)nc(C)c([C@H](OC(C)(C)C)C(=O)O)c2N2CCC(C)(C)CC2)cc1)c1ccccc1. The average Bonchev–Trinajstić information content (AvgIpc) is 2.93. The number of pyridine rings is 1. The molecule has 226 valence electrons. The fourth-order valence-electron chi connectivity index (χ4n) is 5.61. The summed E-state index contributed by atoms with van der Waals surface area (Å²) in [6.07, 6.45) is 0.703. The zero-order valence-corrected chi connectivity index (χ0v) is 26.4. The van der Waals surface area contributed by atoms with Crippen LogP contribution in [0.1, 0.15) is 82.2 Å². The smallest absolute Gasteiger partial charge is 0.337 e. The van der Waals surface area contributed by atoms with Crippen molar-refractivity contribution < 1.29 is 24.1 Å². The van der Waals surface area contributed by atoms with Crippen LogP contribution in [0.2, 0.25) is 0 Å². The predicted molar refractivity (Wildman–Crippen MR) is 167 cm³/mol. The van der Waals surface area contributed by atoms with Gasteiger partial charge in [0.25, 0.3) is 0 Å². The zero-order chi connectivity index (χ0) is 30.7. The van der Waals surface area contributed by atoms with Crippen LogP contribution < -0.4 is 9.64 Å². The summed E-state index contributed by atoms with van der Waals surface area (Å²) in [7, 11) is 1.69. The topological polar surface area (TPSA) is 81.1 Å². The number of carbonyl (C=O) groups is 1. The van der Waals surface area contributed by atoms with Crippen LogP contribution in [0.3, 0.4) is 0 Å². The van der Waals surface area contributed by atoms with Crippen molar-refractivity contribution in [2.45, 2.75) is 79.1 Å². The van der Waals surface area contributed by atoms with E-state index in [9.17, 15) is 9.90 Å². The lowest BCUT2D eigenvalue weighted by atomic mass is 9.82. The molecule has 1 unspecified atom stereocenters. The molecule has 0 amide bonds. The summed E-state index contributed by atoms with van der Waals surface area (Å²) in [6.45, 7) is 16.2. The van der Waals surface area contributed by atoms with Crippen molar-refractivity contribution in [1.82, 2.24) is 4.98 Å². The van der Waals surface area contributed by atoms with E-state index in [-0.39, 0.29) is 11.5 Å². The van der Waals surface area contributed by atoms with Crippen LogP contribution in [0.15, 0.2) is 54.6 Å². The Labute approximate surface area is 250 Å². The Bertz CT molecular complexity index is 1350. The Morgan fingerprint density at radius 1 is 1.00 bits per heavy atom. The number of hydrogen-bond donors (Lipinski definition) is 1. The van der Waals surface area contributed by atoms with Gasteiger partial charge in [0.15, 0.2) is 6.10 Å². The molecule has 1 fully saturated rings. The Balaban J connectivity index is 1.74. The number of carboxylic acid groups (broad SMARTS) is 1. The minimum absolute atomic E-state index is 0.178. The van der Waals surface area contributed by atoms with Gasteiger partial charge in [-0.05, 0) is 76.1 Å². The van der Waals surface area contributed by atoms with E-state index in [0.717, 1.165) is 59.8 Å². The second kappa shape index (κ2) is 12.8. The summed E-state index contributed by atoms with van der Waals surface area (Å²) in [5.41, 5.74) is 5.61. The van der Waals surface area contributed by atoms with Gasteiger partial charge in [0, 0.05) is 42.7 Å². The molecule has 3 aromatic rings. The third-order valence-electron chi connectivity index (χ3n) is 7.97. The van der Waals surface area contributed by atoms with Gasteiger partial charge in [0.2, 0.25) is 0 Å². The minimum Gasteiger partial charge on any atom is -0.491 e. The van der Waals surface area contributed by atoms with Gasteiger partial charge in [0.05, 0.1) is 11.3 Å². The Morgan fingerprint density at radius 2 is 1.62 bits per heavy atom. The van der Waals surface area contributed by atoms with Crippen LogP contribution in [0.25, 0.3) is 11.1 Å². The number of carboxylic acids is 1. The first-order valence-electron chi connectivity index (χ1n) is 14.8. The quantitative estimate of drug-likeness (QED) is 0.266. The van der Waals surface area contributed by atoms with Crippen molar-refractivity contribution in [2.24, 2.45) is 5.41 Å². The van der Waals surface area contributed by atoms with Crippen molar-refractivity contribution >= 4 is 11.7 Å². The van der Waals surface area contributed by atoms with Gasteiger partial charge in [-0.1, -0.05) is 56.3 Å². The molecule has 1 aliphatic heterocycles. The van der Waals surface area contributed by atoms with E-state index >= 15 is 0 Å². The van der Waals surface area contributed by atoms with Crippen LogP contribution >= 0.6 is 0 Å². The van der Waals surface area contributed by atoms with Gasteiger partial charge >= 0.3 is 5.97 Å². The van der Waals surface area contributed by atoms with Gasteiger partial charge in [0.1, 0.15) is 18.5 Å². The summed E-state index contributed by atoms with van der Waals surface area (Å²) < 4.78 is 18.0. The maximum atomic E-state index is 12.7. The van der Waals surface area contributed by atoms with E-state index in [1.54, 1.807) is 7.11 Å². The standard InChI is InChI=1S/C35H46N2O5/c1-23-29(26-14-16-27(17-15-26)41-22-28(40-8)25-12-10-9-11-13-25)31(37-20-18-35(6,7)19-21-37)30(24(2)36-23)32(33(38)39)42-34(3,4)5/h9-17,28,32H,18-22H2,1-8H3,(H,38,39)/t28?,32-/m0/s1. The maximum absolute atomic E-state index is 12.7. The highest BCUT2D eigenvalue weighted by Crippen LogP contribution is 2.45. The number of aromatic nitrogens is 1. The second-order valence-electron chi connectivity index (χ2n) is 13.0. The molecule has 0 radical (unpaired) electrons. The molecule has 42 heavy (non-hydrogen) atoms. The average molecular weight is 575 g/mol. The van der Waals surface area contributed by atoms with Crippen LogP contribution in [0.4, 0.5) is 5.69 Å². The molecule has 0 bridgehead atoms. The fraction of sp³-hybridized carbons (Fsp3) is 0.486. The lowest BCUT2D eigenvalue weighted by Crippen LogP contribution is -2.39. The highest BCUT2D eigenvalue weighted by atomic mass is 16.5. The van der Waals surface area contributed by atoms with Gasteiger partial charge < -0.3 is 24.2 Å². The van der Waals surface area contributed by atoms with E-state index in [1.807, 2.05) is 89.2 Å². The molecule has 1 aromatic heterocycles. The molecular weight excluding hydrogens is 528 g/mol. The number of methoxy groups -OCH3 is 1. The van der Waals surface area contributed by atoms with Gasteiger partial charge in [-0.15, -0.1) is 0 Å². The number of nitrogens with zero attached hydrogens (tertiary/aromatic N) is 2.